The van der Waals surface area contributed by atoms with E-state index in [2.05, 4.69) is 20.4 Å². The Bertz CT molecular complexity index is 571. The van der Waals surface area contributed by atoms with Gasteiger partial charge in [-0.2, -0.15) is 10.1 Å². The maximum atomic E-state index is 11.7. The van der Waals surface area contributed by atoms with Crippen molar-refractivity contribution >= 4 is 11.9 Å². The number of anilines is 1. The van der Waals surface area contributed by atoms with E-state index in [0.29, 0.717) is 5.95 Å². The van der Waals surface area contributed by atoms with Gasteiger partial charge in [0.25, 0.3) is 5.91 Å². The summed E-state index contributed by atoms with van der Waals surface area (Å²) in [6.45, 7) is 0. The summed E-state index contributed by atoms with van der Waals surface area (Å²) in [6, 6.07) is 4.34. The van der Waals surface area contributed by atoms with E-state index in [-0.39, 0.29) is 11.3 Å². The van der Waals surface area contributed by atoms with E-state index in [4.69, 9.17) is 0 Å². The number of aryl methyl sites for hydroxylation is 1. The van der Waals surface area contributed by atoms with E-state index < -0.39 is 5.91 Å². The molecule has 7 nitrogen and oxygen atoms in total. The normalized spacial score (nSPS) is 10.1. The number of nitrogens with zero attached hydrogens (tertiary/aromatic N) is 3. The molecule has 16 heavy (non-hydrogen) atoms. The monoisotopic (exact) mass is 219 g/mol. The number of hydrogen-bond acceptors (Lipinski definition) is 4. The molecule has 0 radical (unpaired) electrons. The fourth-order valence-electron chi connectivity index (χ4n) is 1.16. The minimum atomic E-state index is -0.436. The molecule has 0 aliphatic carbocycles. The van der Waals surface area contributed by atoms with Crippen molar-refractivity contribution in [3.63, 3.8) is 0 Å². The van der Waals surface area contributed by atoms with Gasteiger partial charge in [-0.05, 0) is 6.07 Å². The number of hydrogen-bond donors (Lipinski definition) is 2. The Kier molecular flexibility index (Phi) is 2.50. The van der Waals surface area contributed by atoms with Gasteiger partial charge in [0.2, 0.25) is 11.5 Å². The zero-order valence-corrected chi connectivity index (χ0v) is 8.47. The minimum absolute atomic E-state index is 0.176. The fraction of sp³-hybridized carbons (Fsp3) is 0.111. The predicted octanol–water partition coefficient (Wildman–Crippen LogP) is -0.244. The van der Waals surface area contributed by atoms with Crippen LogP contribution in [0.1, 0.15) is 10.5 Å². The molecule has 0 spiro atoms. The third-order valence-electron chi connectivity index (χ3n) is 1.95. The lowest BCUT2D eigenvalue weighted by atomic mass is 10.3. The van der Waals surface area contributed by atoms with Crippen molar-refractivity contribution in [2.75, 3.05) is 5.32 Å². The first-order chi connectivity index (χ1) is 7.66. The molecular weight excluding hydrogens is 210 g/mol. The molecule has 0 aliphatic rings. The minimum Gasteiger partial charge on any atom is -0.318 e. The van der Waals surface area contributed by atoms with Gasteiger partial charge in [0, 0.05) is 13.1 Å². The van der Waals surface area contributed by atoms with E-state index in [1.807, 2.05) is 0 Å². The van der Waals surface area contributed by atoms with Crippen LogP contribution in [0, 0.1) is 0 Å². The van der Waals surface area contributed by atoms with Gasteiger partial charge < -0.3 is 4.98 Å². The molecule has 0 bridgehead atoms. The average Bonchev–Trinajstić information content (AvgIpc) is 2.64. The molecule has 1 amide bonds. The number of carbonyl (C=O) groups excluding carboxylic acids is 1. The average molecular weight is 219 g/mol. The quantitative estimate of drug-likeness (QED) is 0.728. The van der Waals surface area contributed by atoms with Gasteiger partial charge in [-0.15, -0.1) is 0 Å². The number of carbonyl (C=O) groups is 1. The highest BCUT2D eigenvalue weighted by Gasteiger charge is 2.09. The van der Waals surface area contributed by atoms with Crippen molar-refractivity contribution in [3.05, 3.63) is 40.6 Å². The van der Waals surface area contributed by atoms with Crippen LogP contribution in [-0.2, 0) is 7.05 Å². The summed E-state index contributed by atoms with van der Waals surface area (Å²) in [4.78, 5) is 28.9. The molecule has 0 unspecified atom stereocenters. The Morgan fingerprint density at radius 3 is 2.94 bits per heavy atom. The van der Waals surface area contributed by atoms with Gasteiger partial charge in [-0.3, -0.25) is 14.9 Å². The Balaban J connectivity index is 2.21. The molecule has 2 N–H and O–H groups in total. The third kappa shape index (κ3) is 1.97. The summed E-state index contributed by atoms with van der Waals surface area (Å²) in [5.41, 5.74) is -0.152. The molecule has 7 heteroatoms. The number of rotatable bonds is 2. The summed E-state index contributed by atoms with van der Waals surface area (Å²) in [5.74, 6) is -0.122. The highest BCUT2D eigenvalue weighted by Crippen LogP contribution is 2.00. The molecule has 0 atom stereocenters. The predicted molar refractivity (Wildman–Crippen MR) is 56.0 cm³/mol. The van der Waals surface area contributed by atoms with Gasteiger partial charge in [-0.1, -0.05) is 6.07 Å². The lowest BCUT2D eigenvalue weighted by Gasteiger charge is -2.02. The topological polar surface area (TPSA) is 92.7 Å². The molecule has 0 aromatic carbocycles. The van der Waals surface area contributed by atoms with Crippen LogP contribution in [0.15, 0.2) is 29.3 Å². The van der Waals surface area contributed by atoms with Crippen LogP contribution in [0.2, 0.25) is 0 Å². The summed E-state index contributed by atoms with van der Waals surface area (Å²) in [7, 11) is 1.65. The zero-order valence-electron chi connectivity index (χ0n) is 8.47. The van der Waals surface area contributed by atoms with Crippen LogP contribution in [0.5, 0.6) is 0 Å². The van der Waals surface area contributed by atoms with Gasteiger partial charge in [0.1, 0.15) is 12.0 Å². The summed E-state index contributed by atoms with van der Waals surface area (Å²) < 4.78 is 1.42. The van der Waals surface area contributed by atoms with Crippen molar-refractivity contribution in [1.29, 1.82) is 0 Å². The number of amides is 1. The second kappa shape index (κ2) is 3.97. The lowest BCUT2D eigenvalue weighted by molar-refractivity contribution is 0.102. The second-order valence-corrected chi connectivity index (χ2v) is 3.09. The van der Waals surface area contributed by atoms with Crippen LogP contribution in [0.3, 0.4) is 0 Å². The second-order valence-electron chi connectivity index (χ2n) is 3.09. The molecule has 82 valence electrons. The van der Waals surface area contributed by atoms with Crippen LogP contribution in [0.4, 0.5) is 5.95 Å². The third-order valence-corrected chi connectivity index (χ3v) is 1.95. The van der Waals surface area contributed by atoms with E-state index in [1.165, 1.54) is 29.2 Å². The van der Waals surface area contributed by atoms with Gasteiger partial charge >= 0.3 is 0 Å². The van der Waals surface area contributed by atoms with Crippen LogP contribution < -0.4 is 10.9 Å². The van der Waals surface area contributed by atoms with Crippen molar-refractivity contribution in [2.45, 2.75) is 0 Å². The van der Waals surface area contributed by atoms with Gasteiger partial charge in [0.05, 0.1) is 0 Å². The van der Waals surface area contributed by atoms with Gasteiger partial charge in [0.15, 0.2) is 0 Å². The van der Waals surface area contributed by atoms with E-state index in [1.54, 1.807) is 7.05 Å². The Morgan fingerprint density at radius 2 is 2.31 bits per heavy atom. The molecule has 2 rings (SSSR count). The van der Waals surface area contributed by atoms with E-state index in [0.717, 1.165) is 0 Å². The Labute approximate surface area is 90.1 Å². The molecule has 0 saturated carbocycles. The SMILES string of the molecule is Cn1ncnc1NC(=O)c1cccc(=O)[nH]1. The van der Waals surface area contributed by atoms with Crippen LogP contribution >= 0.6 is 0 Å². The summed E-state index contributed by atoms with van der Waals surface area (Å²) >= 11 is 0. The standard InChI is InChI=1S/C9H9N5O2/c1-14-9(10-5-11-14)13-8(16)6-3-2-4-7(15)12-6/h2-5H,1H3,(H,12,15)(H,10,11,13,16). The molecule has 0 saturated heterocycles. The number of H-pyrrole nitrogens is 1. The molecule has 0 aliphatic heterocycles. The fourth-order valence-corrected chi connectivity index (χ4v) is 1.16. The van der Waals surface area contributed by atoms with E-state index in [9.17, 15) is 9.59 Å². The number of aromatic amines is 1. The molecule has 0 fully saturated rings. The Morgan fingerprint density at radius 1 is 1.50 bits per heavy atom. The van der Waals surface area contributed by atoms with Crippen molar-refractivity contribution < 1.29 is 4.79 Å². The highest BCUT2D eigenvalue weighted by atomic mass is 16.2. The first kappa shape index (κ1) is 10.1. The highest BCUT2D eigenvalue weighted by molar-refractivity contribution is 6.01. The summed E-state index contributed by atoms with van der Waals surface area (Å²) in [6.07, 6.45) is 1.32. The smallest absolute Gasteiger partial charge is 0.274 e. The summed E-state index contributed by atoms with van der Waals surface area (Å²) in [5, 5.41) is 6.31. The zero-order chi connectivity index (χ0) is 11.5. The first-order valence-electron chi connectivity index (χ1n) is 4.51. The number of aromatic nitrogens is 4. The van der Waals surface area contributed by atoms with Crippen LogP contribution in [0.25, 0.3) is 0 Å². The van der Waals surface area contributed by atoms with Crippen LogP contribution in [-0.4, -0.2) is 25.7 Å². The molecule has 2 aromatic heterocycles. The first-order valence-corrected chi connectivity index (χ1v) is 4.51. The Hall–Kier alpha value is -2.44. The molecule has 2 heterocycles. The number of pyridine rings is 1. The van der Waals surface area contributed by atoms with Crippen molar-refractivity contribution in [3.8, 4) is 0 Å². The molecule has 2 aromatic rings. The van der Waals surface area contributed by atoms with Crippen molar-refractivity contribution in [1.82, 2.24) is 19.7 Å². The largest absolute Gasteiger partial charge is 0.318 e. The lowest BCUT2D eigenvalue weighted by Crippen LogP contribution is -2.19. The number of nitrogens with one attached hydrogen (secondary N) is 2. The van der Waals surface area contributed by atoms with E-state index >= 15 is 0 Å². The van der Waals surface area contributed by atoms with Gasteiger partial charge in [-0.25, -0.2) is 4.68 Å². The maximum absolute atomic E-state index is 11.7. The van der Waals surface area contributed by atoms with Crippen molar-refractivity contribution in [2.24, 2.45) is 7.05 Å². The maximum Gasteiger partial charge on any atom is 0.274 e. The molecular formula is C9H9N5O2.